The molecule has 1 aromatic rings. The molecule has 0 aliphatic rings. The summed E-state index contributed by atoms with van der Waals surface area (Å²) < 4.78 is 16.1. The first kappa shape index (κ1) is 17.3. The Morgan fingerprint density at radius 1 is 1.38 bits per heavy atom. The fraction of sp³-hybridized carbons (Fsp3) is 0.400. The first-order valence-corrected chi connectivity index (χ1v) is 6.95. The molecule has 0 aliphatic carbocycles. The first-order valence-electron chi connectivity index (χ1n) is 6.57. The van der Waals surface area contributed by atoms with Crippen molar-refractivity contribution in [2.45, 2.75) is 13.3 Å². The van der Waals surface area contributed by atoms with Crippen LogP contribution in [-0.2, 0) is 9.53 Å². The number of carboxylic acid groups (broad SMARTS) is 1. The number of rotatable bonds is 9. The van der Waals surface area contributed by atoms with Crippen molar-refractivity contribution >= 4 is 23.6 Å². The van der Waals surface area contributed by atoms with Crippen LogP contribution in [-0.4, -0.2) is 38.0 Å². The van der Waals surface area contributed by atoms with E-state index >= 15 is 0 Å². The van der Waals surface area contributed by atoms with E-state index in [-0.39, 0.29) is 0 Å². The summed E-state index contributed by atoms with van der Waals surface area (Å²) in [7, 11) is 1.50. The SMILES string of the molecule is CCOCCCOc1c(Cl)cc(C=CC(=O)O)cc1OC. The van der Waals surface area contributed by atoms with Gasteiger partial charge in [0.25, 0.3) is 0 Å². The number of hydrogen-bond acceptors (Lipinski definition) is 4. The van der Waals surface area contributed by atoms with Crippen LogP contribution in [0.15, 0.2) is 18.2 Å². The maximum Gasteiger partial charge on any atom is 0.328 e. The molecule has 0 amide bonds. The highest BCUT2D eigenvalue weighted by atomic mass is 35.5. The molecule has 0 atom stereocenters. The molecule has 116 valence electrons. The minimum absolute atomic E-state index is 0.371. The van der Waals surface area contributed by atoms with E-state index in [0.717, 1.165) is 12.5 Å². The van der Waals surface area contributed by atoms with E-state index < -0.39 is 5.97 Å². The van der Waals surface area contributed by atoms with Crippen LogP contribution in [0.2, 0.25) is 5.02 Å². The fourth-order valence-corrected chi connectivity index (χ4v) is 1.90. The van der Waals surface area contributed by atoms with Gasteiger partial charge in [-0.15, -0.1) is 0 Å². The normalized spacial score (nSPS) is 10.8. The van der Waals surface area contributed by atoms with E-state index in [1.54, 1.807) is 12.1 Å². The van der Waals surface area contributed by atoms with Gasteiger partial charge in [-0.1, -0.05) is 11.6 Å². The quantitative estimate of drug-likeness (QED) is 0.560. The van der Waals surface area contributed by atoms with Gasteiger partial charge < -0.3 is 19.3 Å². The molecule has 0 saturated heterocycles. The second kappa shape index (κ2) is 9.26. The molecular formula is C15H19ClO5. The van der Waals surface area contributed by atoms with Gasteiger partial charge in [0, 0.05) is 25.7 Å². The van der Waals surface area contributed by atoms with Crippen LogP contribution in [0.1, 0.15) is 18.9 Å². The van der Waals surface area contributed by atoms with E-state index in [2.05, 4.69) is 0 Å². The Morgan fingerprint density at radius 3 is 2.76 bits per heavy atom. The summed E-state index contributed by atoms with van der Waals surface area (Å²) in [5, 5.41) is 9.00. The van der Waals surface area contributed by atoms with Crippen molar-refractivity contribution in [3.63, 3.8) is 0 Å². The number of methoxy groups -OCH3 is 1. The maximum atomic E-state index is 10.5. The van der Waals surface area contributed by atoms with E-state index in [4.69, 9.17) is 30.9 Å². The zero-order chi connectivity index (χ0) is 15.7. The predicted octanol–water partition coefficient (Wildman–Crippen LogP) is 3.25. The van der Waals surface area contributed by atoms with Crippen molar-refractivity contribution in [1.29, 1.82) is 0 Å². The molecule has 0 unspecified atom stereocenters. The lowest BCUT2D eigenvalue weighted by atomic mass is 10.2. The zero-order valence-electron chi connectivity index (χ0n) is 12.1. The summed E-state index contributed by atoms with van der Waals surface area (Å²) >= 11 is 6.15. The highest BCUT2D eigenvalue weighted by Gasteiger charge is 2.11. The van der Waals surface area contributed by atoms with E-state index in [9.17, 15) is 4.79 Å². The monoisotopic (exact) mass is 314 g/mol. The average Bonchev–Trinajstić information content (AvgIpc) is 2.46. The van der Waals surface area contributed by atoms with E-state index in [0.29, 0.717) is 41.9 Å². The molecule has 1 rings (SSSR count). The van der Waals surface area contributed by atoms with Crippen LogP contribution in [0.5, 0.6) is 11.5 Å². The molecule has 6 heteroatoms. The maximum absolute atomic E-state index is 10.5. The van der Waals surface area contributed by atoms with Crippen molar-refractivity contribution in [1.82, 2.24) is 0 Å². The molecule has 5 nitrogen and oxygen atoms in total. The third-order valence-electron chi connectivity index (χ3n) is 2.55. The smallest absolute Gasteiger partial charge is 0.328 e. The Balaban J connectivity index is 2.77. The van der Waals surface area contributed by atoms with Gasteiger partial charge in [0.1, 0.15) is 0 Å². The lowest BCUT2D eigenvalue weighted by molar-refractivity contribution is -0.131. The molecular weight excluding hydrogens is 296 g/mol. The Hall–Kier alpha value is -1.72. The number of carboxylic acids is 1. The van der Waals surface area contributed by atoms with Crippen LogP contribution in [0.25, 0.3) is 6.08 Å². The van der Waals surface area contributed by atoms with Crippen molar-refractivity contribution < 1.29 is 24.1 Å². The van der Waals surface area contributed by atoms with Gasteiger partial charge in [-0.2, -0.15) is 0 Å². The summed E-state index contributed by atoms with van der Waals surface area (Å²) in [5.41, 5.74) is 0.626. The average molecular weight is 315 g/mol. The first-order chi connectivity index (χ1) is 10.1. The molecule has 1 N–H and O–H groups in total. The Labute approximate surface area is 129 Å². The highest BCUT2D eigenvalue weighted by molar-refractivity contribution is 6.32. The topological polar surface area (TPSA) is 65.0 Å². The predicted molar refractivity (Wildman–Crippen MR) is 81.3 cm³/mol. The van der Waals surface area contributed by atoms with Crippen LogP contribution in [0.4, 0.5) is 0 Å². The molecule has 0 bridgehead atoms. The van der Waals surface area contributed by atoms with Crippen LogP contribution < -0.4 is 9.47 Å². The zero-order valence-corrected chi connectivity index (χ0v) is 12.9. The van der Waals surface area contributed by atoms with Gasteiger partial charge in [0.15, 0.2) is 11.5 Å². The molecule has 0 radical (unpaired) electrons. The number of halogens is 1. The van der Waals surface area contributed by atoms with E-state index in [1.165, 1.54) is 13.2 Å². The van der Waals surface area contributed by atoms with Gasteiger partial charge >= 0.3 is 5.97 Å². The lowest BCUT2D eigenvalue weighted by Gasteiger charge is -2.13. The van der Waals surface area contributed by atoms with Gasteiger partial charge in [0.05, 0.1) is 18.7 Å². The minimum Gasteiger partial charge on any atom is -0.493 e. The molecule has 0 aliphatic heterocycles. The molecule has 0 heterocycles. The van der Waals surface area contributed by atoms with Gasteiger partial charge in [-0.05, 0) is 30.7 Å². The van der Waals surface area contributed by atoms with Crippen molar-refractivity contribution in [2.75, 3.05) is 26.9 Å². The van der Waals surface area contributed by atoms with E-state index in [1.807, 2.05) is 6.92 Å². The van der Waals surface area contributed by atoms with Crippen molar-refractivity contribution in [3.8, 4) is 11.5 Å². The number of aliphatic carboxylic acids is 1. The number of hydrogen-bond donors (Lipinski definition) is 1. The Bertz CT molecular complexity index is 499. The highest BCUT2D eigenvalue weighted by Crippen LogP contribution is 2.36. The summed E-state index contributed by atoms with van der Waals surface area (Å²) in [6.07, 6.45) is 3.22. The Kier molecular flexibility index (Phi) is 7.64. The molecule has 0 fully saturated rings. The number of benzene rings is 1. The Morgan fingerprint density at radius 2 is 2.14 bits per heavy atom. The lowest BCUT2D eigenvalue weighted by Crippen LogP contribution is -2.04. The van der Waals surface area contributed by atoms with Gasteiger partial charge in [0.2, 0.25) is 0 Å². The molecule has 1 aromatic carbocycles. The van der Waals surface area contributed by atoms with Crippen molar-refractivity contribution in [3.05, 3.63) is 28.8 Å². The third kappa shape index (κ3) is 6.06. The van der Waals surface area contributed by atoms with Gasteiger partial charge in [-0.3, -0.25) is 0 Å². The molecule has 21 heavy (non-hydrogen) atoms. The molecule has 0 saturated carbocycles. The van der Waals surface area contributed by atoms with Crippen molar-refractivity contribution in [2.24, 2.45) is 0 Å². The largest absolute Gasteiger partial charge is 0.493 e. The molecule has 0 aromatic heterocycles. The second-order valence-electron chi connectivity index (χ2n) is 4.10. The third-order valence-corrected chi connectivity index (χ3v) is 2.83. The summed E-state index contributed by atoms with van der Waals surface area (Å²) in [6.45, 7) is 3.69. The van der Waals surface area contributed by atoms with Gasteiger partial charge in [-0.25, -0.2) is 4.79 Å². The summed E-state index contributed by atoms with van der Waals surface area (Å²) in [5.74, 6) is -0.117. The molecule has 0 spiro atoms. The standard InChI is InChI=1S/C15H19ClO5/c1-3-20-7-4-8-21-15-12(16)9-11(5-6-14(17)18)10-13(15)19-2/h5-6,9-10H,3-4,7-8H2,1-2H3,(H,17,18). The summed E-state index contributed by atoms with van der Waals surface area (Å²) in [6, 6.07) is 3.30. The fourth-order valence-electron chi connectivity index (χ4n) is 1.62. The second-order valence-corrected chi connectivity index (χ2v) is 4.51. The van der Waals surface area contributed by atoms with Crippen LogP contribution in [0, 0.1) is 0 Å². The van der Waals surface area contributed by atoms with Crippen LogP contribution >= 0.6 is 11.6 Å². The summed E-state index contributed by atoms with van der Waals surface area (Å²) in [4.78, 5) is 10.5. The number of carbonyl (C=O) groups is 1. The minimum atomic E-state index is -1.03. The van der Waals surface area contributed by atoms with Crippen LogP contribution in [0.3, 0.4) is 0 Å². The number of ether oxygens (including phenoxy) is 3.